The summed E-state index contributed by atoms with van der Waals surface area (Å²) in [6.07, 6.45) is 12.7. The summed E-state index contributed by atoms with van der Waals surface area (Å²) in [6.45, 7) is 0. The second-order valence-corrected chi connectivity index (χ2v) is 15.3. The first-order valence-corrected chi connectivity index (χ1v) is 19.9. The van der Waals surface area contributed by atoms with Gasteiger partial charge < -0.3 is 8.83 Å². The number of fused-ring (bicyclic) bond motifs is 9. The van der Waals surface area contributed by atoms with Gasteiger partial charge in [0.2, 0.25) is 0 Å². The zero-order valence-electron chi connectivity index (χ0n) is 31.2. The quantitative estimate of drug-likeness (QED) is 0.177. The van der Waals surface area contributed by atoms with E-state index in [2.05, 4.69) is 174 Å². The van der Waals surface area contributed by atoms with Gasteiger partial charge >= 0.3 is 0 Å². The summed E-state index contributed by atoms with van der Waals surface area (Å²) < 4.78 is 15.2. The van der Waals surface area contributed by atoms with E-state index < -0.39 is 0 Å². The summed E-state index contributed by atoms with van der Waals surface area (Å²) in [4.78, 5) is 5.19. The normalized spacial score (nSPS) is 13.5. The molecule has 2 aliphatic carbocycles. The maximum atomic E-state index is 6.44. The zero-order valence-corrected chi connectivity index (χ0v) is 31.2. The highest BCUT2D eigenvalue weighted by molar-refractivity contribution is 6.15. The smallest absolute Gasteiger partial charge is 0.178 e. The number of aryl methyl sites for hydroxylation is 1. The summed E-state index contributed by atoms with van der Waals surface area (Å²) in [7, 11) is 0. The molecule has 0 saturated heterocycles. The second-order valence-electron chi connectivity index (χ2n) is 15.3. The Hall–Kier alpha value is -7.17. The summed E-state index contributed by atoms with van der Waals surface area (Å²) in [6, 6.07) is 52.7. The van der Waals surface area contributed by atoms with Gasteiger partial charge in [-0.15, -0.1) is 0 Å². The molecule has 2 aliphatic rings. The molecule has 3 heterocycles. The van der Waals surface area contributed by atoms with Crippen LogP contribution in [0.5, 0.6) is 0 Å². The fourth-order valence-corrected chi connectivity index (χ4v) is 9.02. The minimum absolute atomic E-state index is 0.830. The van der Waals surface area contributed by atoms with Crippen LogP contribution in [-0.2, 0) is 12.8 Å². The van der Waals surface area contributed by atoms with Gasteiger partial charge in [-0.25, -0.2) is 4.98 Å². The van der Waals surface area contributed by atoms with E-state index in [-0.39, 0.29) is 0 Å². The molecular formula is C53H36N2O2. The summed E-state index contributed by atoms with van der Waals surface area (Å²) >= 11 is 0. The number of hydrogen-bond acceptors (Lipinski definition) is 3. The van der Waals surface area contributed by atoms with Crippen LogP contribution in [0, 0.1) is 0 Å². The molecule has 0 atom stereocenters. The van der Waals surface area contributed by atoms with Crippen LogP contribution in [0.25, 0.3) is 106 Å². The summed E-state index contributed by atoms with van der Waals surface area (Å²) in [5.41, 5.74) is 15.4. The highest BCUT2D eigenvalue weighted by Crippen LogP contribution is 2.41. The molecule has 0 amide bonds. The molecule has 0 bridgehead atoms. The van der Waals surface area contributed by atoms with Crippen molar-refractivity contribution in [2.75, 3.05) is 0 Å². The lowest BCUT2D eigenvalue weighted by atomic mass is 9.96. The Labute approximate surface area is 329 Å². The van der Waals surface area contributed by atoms with Gasteiger partial charge in [0.1, 0.15) is 17.2 Å². The molecule has 0 radical (unpaired) electrons. The number of imidazole rings is 1. The predicted octanol–water partition coefficient (Wildman–Crippen LogP) is 14.3. The van der Waals surface area contributed by atoms with Crippen molar-refractivity contribution in [1.82, 2.24) is 9.55 Å². The number of hydrogen-bond donors (Lipinski definition) is 0. The Kier molecular flexibility index (Phi) is 7.15. The molecule has 7 aromatic carbocycles. The summed E-state index contributed by atoms with van der Waals surface area (Å²) in [5, 5.41) is 5.73. The summed E-state index contributed by atoms with van der Waals surface area (Å²) in [5.74, 6) is 2.03. The second kappa shape index (κ2) is 12.7. The van der Waals surface area contributed by atoms with Crippen molar-refractivity contribution in [1.29, 1.82) is 0 Å². The average Bonchev–Trinajstić information content (AvgIpc) is 3.98. The van der Waals surface area contributed by atoms with Crippen molar-refractivity contribution >= 4 is 55.8 Å². The van der Waals surface area contributed by atoms with Gasteiger partial charge in [-0.3, -0.25) is 4.57 Å². The van der Waals surface area contributed by atoms with Crippen LogP contribution in [0.15, 0.2) is 167 Å². The van der Waals surface area contributed by atoms with E-state index in [1.165, 1.54) is 49.8 Å². The van der Waals surface area contributed by atoms with Crippen molar-refractivity contribution in [2.45, 2.75) is 25.7 Å². The lowest BCUT2D eigenvalue weighted by Crippen LogP contribution is -2.04. The third-order valence-corrected chi connectivity index (χ3v) is 11.9. The average molecular weight is 733 g/mol. The van der Waals surface area contributed by atoms with Crippen LogP contribution in [0.1, 0.15) is 35.6 Å². The predicted molar refractivity (Wildman–Crippen MR) is 235 cm³/mol. The van der Waals surface area contributed by atoms with Crippen LogP contribution in [0.3, 0.4) is 0 Å². The fraction of sp³-hybridized carbons (Fsp3) is 0.0755. The topological polar surface area (TPSA) is 44.1 Å². The minimum atomic E-state index is 0.830. The number of rotatable bonds is 5. The van der Waals surface area contributed by atoms with E-state index in [0.29, 0.717) is 0 Å². The molecule has 0 saturated carbocycles. The lowest BCUT2D eigenvalue weighted by molar-refractivity contribution is 0.541. The molecule has 0 N–H and O–H groups in total. The van der Waals surface area contributed by atoms with E-state index >= 15 is 0 Å². The Morgan fingerprint density at radius 1 is 0.474 bits per heavy atom. The molecule has 0 aliphatic heterocycles. The Morgan fingerprint density at radius 3 is 1.96 bits per heavy atom. The fourth-order valence-electron chi connectivity index (χ4n) is 9.02. The molecule has 0 fully saturated rings. The molecule has 57 heavy (non-hydrogen) atoms. The Morgan fingerprint density at radius 2 is 1.12 bits per heavy atom. The molecule has 0 unspecified atom stereocenters. The van der Waals surface area contributed by atoms with E-state index in [4.69, 9.17) is 13.8 Å². The standard InChI is InChI=1S/C53H36N2O2/c1-2-9-33(10-3-1)34-17-19-35(20-18-34)53-54-47-14-5-6-15-48(47)55(53)42-12-8-11-36(31-42)37-21-22-39-30-40(24-23-38(39)29-37)41-25-28-50-46(32-41)45-27-26-44-43-13-4-7-16-49(43)56-51(44)52(45)57-50/h1-5,8-14,17-32H,6-7,15-16H2. The van der Waals surface area contributed by atoms with E-state index in [1.54, 1.807) is 0 Å². The van der Waals surface area contributed by atoms with Crippen molar-refractivity contribution in [3.05, 3.63) is 180 Å². The number of nitrogens with zero attached hydrogens (tertiary/aromatic N) is 2. The SMILES string of the molecule is C1=Cc2c(oc3c2ccc2c4cc(-c5ccc6cc(-c7cccc(-n8c(-c9ccc(-c%10ccccc%10)cc9)nc9c8CCC=C9)c7)ccc6c5)ccc4oc23)CC1. The van der Waals surface area contributed by atoms with Gasteiger partial charge in [-0.2, -0.15) is 0 Å². The van der Waals surface area contributed by atoms with E-state index in [1.807, 2.05) is 0 Å². The van der Waals surface area contributed by atoms with Crippen LogP contribution < -0.4 is 0 Å². The van der Waals surface area contributed by atoms with Gasteiger partial charge in [0.15, 0.2) is 11.2 Å². The number of aromatic nitrogens is 2. The Bertz CT molecular complexity index is 3280. The lowest BCUT2D eigenvalue weighted by Gasteiger charge is -2.15. The molecule has 0 spiro atoms. The molecule has 10 aromatic rings. The molecule has 4 nitrogen and oxygen atoms in total. The highest BCUT2D eigenvalue weighted by atomic mass is 16.4. The number of benzene rings is 7. The van der Waals surface area contributed by atoms with Crippen molar-refractivity contribution in [2.24, 2.45) is 0 Å². The maximum Gasteiger partial charge on any atom is 0.178 e. The van der Waals surface area contributed by atoms with Gasteiger partial charge in [0.05, 0.1) is 11.4 Å². The van der Waals surface area contributed by atoms with E-state index in [0.717, 1.165) is 92.7 Å². The highest BCUT2D eigenvalue weighted by Gasteiger charge is 2.22. The molecule has 12 rings (SSSR count). The van der Waals surface area contributed by atoms with Gasteiger partial charge in [-0.1, -0.05) is 115 Å². The first-order valence-electron chi connectivity index (χ1n) is 19.9. The van der Waals surface area contributed by atoms with Crippen LogP contribution in [0.4, 0.5) is 0 Å². The number of furan rings is 2. The van der Waals surface area contributed by atoms with E-state index in [9.17, 15) is 0 Å². The van der Waals surface area contributed by atoms with Gasteiger partial charge in [0.25, 0.3) is 0 Å². The largest absolute Gasteiger partial charge is 0.456 e. The van der Waals surface area contributed by atoms with Crippen molar-refractivity contribution in [3.63, 3.8) is 0 Å². The van der Waals surface area contributed by atoms with Crippen LogP contribution >= 0.6 is 0 Å². The van der Waals surface area contributed by atoms with Crippen molar-refractivity contribution in [3.8, 4) is 50.5 Å². The molecular weight excluding hydrogens is 697 g/mol. The Balaban J connectivity index is 0.883. The first kappa shape index (κ1) is 32.1. The van der Waals surface area contributed by atoms with Gasteiger partial charge in [0, 0.05) is 39.4 Å². The van der Waals surface area contributed by atoms with Crippen molar-refractivity contribution < 1.29 is 8.83 Å². The monoisotopic (exact) mass is 732 g/mol. The third kappa shape index (κ3) is 5.25. The maximum absolute atomic E-state index is 6.44. The molecule has 3 aromatic heterocycles. The minimum Gasteiger partial charge on any atom is -0.456 e. The van der Waals surface area contributed by atoms with Crippen LogP contribution in [0.2, 0.25) is 0 Å². The third-order valence-electron chi connectivity index (χ3n) is 11.9. The zero-order chi connectivity index (χ0) is 37.5. The van der Waals surface area contributed by atoms with Gasteiger partial charge in [-0.05, 0) is 118 Å². The molecule has 4 heteroatoms. The van der Waals surface area contributed by atoms with Crippen LogP contribution in [-0.4, -0.2) is 9.55 Å². The number of allylic oxidation sites excluding steroid dienone is 2. The first-order chi connectivity index (χ1) is 28.2. The molecule has 270 valence electrons.